The molecule has 0 atom stereocenters. The van der Waals surface area contributed by atoms with Crippen LogP contribution in [0, 0.1) is 0 Å². The molecule has 0 spiro atoms. The van der Waals surface area contributed by atoms with E-state index in [1.54, 1.807) is 36.4 Å². The van der Waals surface area contributed by atoms with Crippen LogP contribution >= 0.6 is 0 Å². The maximum Gasteiger partial charge on any atom is 0.278 e. The highest BCUT2D eigenvalue weighted by Gasteiger charge is 2.18. The molecule has 0 aliphatic rings. The van der Waals surface area contributed by atoms with Crippen molar-refractivity contribution in [3.8, 4) is 11.3 Å². The largest absolute Gasteiger partial charge is 0.326 e. The van der Waals surface area contributed by atoms with Gasteiger partial charge in [0.25, 0.3) is 5.56 Å². The molecule has 35 heavy (non-hydrogen) atoms. The Hall–Kier alpha value is -4.26. The minimum atomic E-state index is -0.406. The van der Waals surface area contributed by atoms with Crippen LogP contribution < -0.4 is 16.2 Å². The fourth-order valence-electron chi connectivity index (χ4n) is 4.24. The molecular weight excluding hydrogens is 440 g/mol. The minimum absolute atomic E-state index is 0.168. The van der Waals surface area contributed by atoms with E-state index >= 15 is 0 Å². The number of fused-ring (bicyclic) bond motifs is 1. The molecule has 0 saturated carbocycles. The van der Waals surface area contributed by atoms with Crippen molar-refractivity contribution < 1.29 is 9.59 Å². The van der Waals surface area contributed by atoms with E-state index in [9.17, 15) is 14.4 Å². The van der Waals surface area contributed by atoms with E-state index in [1.165, 1.54) is 11.5 Å². The van der Waals surface area contributed by atoms with E-state index < -0.39 is 5.56 Å². The zero-order valence-corrected chi connectivity index (χ0v) is 20.1. The second kappa shape index (κ2) is 10.3. The zero-order chi connectivity index (χ0) is 24.9. The highest BCUT2D eigenvalue weighted by molar-refractivity contribution is 5.95. The zero-order valence-electron chi connectivity index (χ0n) is 20.1. The molecule has 0 unspecified atom stereocenters. The van der Waals surface area contributed by atoms with Crippen molar-refractivity contribution in [1.82, 2.24) is 9.55 Å². The van der Waals surface area contributed by atoms with Gasteiger partial charge in [-0.05, 0) is 42.2 Å². The Labute approximate surface area is 203 Å². The molecule has 1 heterocycles. The maximum atomic E-state index is 13.7. The summed E-state index contributed by atoms with van der Waals surface area (Å²) in [5.74, 6) is -0.542. The van der Waals surface area contributed by atoms with Gasteiger partial charge in [0.05, 0.1) is 16.7 Å². The fraction of sp³-hybridized carbons (Fsp3) is 0.214. The number of benzene rings is 3. The lowest BCUT2D eigenvalue weighted by Crippen LogP contribution is -2.30. The molecule has 0 radical (unpaired) electrons. The Bertz CT molecular complexity index is 1450. The number of aryl methyl sites for hydroxylation is 2. The standard InChI is InChI=1S/C28H28N4O3/c1-4-19-11-10-12-20(5-2)26(19)31-25(34)17-32-24-16-9-8-15-23(24)30-27(28(32)35)21-13-6-7-14-22(21)29-18(3)33/h6-16H,4-5,17H2,1-3H3,(H,29,33)(H,31,34). The molecule has 4 aromatic rings. The Morgan fingerprint density at radius 3 is 2.20 bits per heavy atom. The molecule has 0 aliphatic heterocycles. The first kappa shape index (κ1) is 23.9. The lowest BCUT2D eigenvalue weighted by atomic mass is 10.0. The third kappa shape index (κ3) is 4.99. The first-order valence-electron chi connectivity index (χ1n) is 11.7. The molecule has 0 aliphatic carbocycles. The molecule has 3 aromatic carbocycles. The molecule has 7 nitrogen and oxygen atoms in total. The molecule has 2 amide bonds. The highest BCUT2D eigenvalue weighted by atomic mass is 16.2. The highest BCUT2D eigenvalue weighted by Crippen LogP contribution is 2.26. The molecule has 1 aromatic heterocycles. The number of anilines is 2. The number of aromatic nitrogens is 2. The molecule has 4 rings (SSSR count). The van der Waals surface area contributed by atoms with Gasteiger partial charge in [0, 0.05) is 18.2 Å². The molecule has 0 bridgehead atoms. The molecule has 2 N–H and O–H groups in total. The van der Waals surface area contributed by atoms with Crippen LogP contribution in [0.25, 0.3) is 22.3 Å². The predicted molar refractivity (Wildman–Crippen MR) is 140 cm³/mol. The van der Waals surface area contributed by atoms with Crippen LogP contribution in [0.1, 0.15) is 31.9 Å². The van der Waals surface area contributed by atoms with Crippen LogP contribution in [0.15, 0.2) is 71.5 Å². The van der Waals surface area contributed by atoms with Gasteiger partial charge in [0.1, 0.15) is 12.2 Å². The van der Waals surface area contributed by atoms with Gasteiger partial charge in [0.2, 0.25) is 11.8 Å². The van der Waals surface area contributed by atoms with Crippen molar-refractivity contribution in [2.45, 2.75) is 40.2 Å². The third-order valence-corrected chi connectivity index (χ3v) is 5.91. The number of carbonyl (C=O) groups excluding carboxylic acids is 2. The van der Waals surface area contributed by atoms with Crippen molar-refractivity contribution in [2.75, 3.05) is 10.6 Å². The summed E-state index contributed by atoms with van der Waals surface area (Å²) in [4.78, 5) is 43.2. The van der Waals surface area contributed by atoms with Crippen molar-refractivity contribution in [1.29, 1.82) is 0 Å². The predicted octanol–water partition coefficient (Wildman–Crippen LogP) is 4.79. The Morgan fingerprint density at radius 2 is 1.51 bits per heavy atom. The lowest BCUT2D eigenvalue weighted by molar-refractivity contribution is -0.117. The van der Waals surface area contributed by atoms with Crippen molar-refractivity contribution in [3.63, 3.8) is 0 Å². The second-order valence-electron chi connectivity index (χ2n) is 8.27. The first-order chi connectivity index (χ1) is 16.9. The molecule has 0 saturated heterocycles. The number of nitrogens with zero attached hydrogens (tertiary/aromatic N) is 2. The summed E-state index contributed by atoms with van der Waals surface area (Å²) < 4.78 is 1.44. The molecular formula is C28H28N4O3. The number of para-hydroxylation sites is 4. The average molecular weight is 469 g/mol. The van der Waals surface area contributed by atoms with E-state index in [4.69, 9.17) is 0 Å². The van der Waals surface area contributed by atoms with Gasteiger partial charge in [-0.1, -0.05) is 62.4 Å². The Balaban J connectivity index is 1.80. The van der Waals surface area contributed by atoms with Crippen LogP contribution in [-0.4, -0.2) is 21.4 Å². The van der Waals surface area contributed by atoms with E-state index in [-0.39, 0.29) is 24.1 Å². The summed E-state index contributed by atoms with van der Waals surface area (Å²) in [6, 6.07) is 20.2. The Kier molecular flexibility index (Phi) is 7.06. The van der Waals surface area contributed by atoms with Crippen molar-refractivity contribution >= 4 is 34.2 Å². The fourth-order valence-corrected chi connectivity index (χ4v) is 4.24. The van der Waals surface area contributed by atoms with Crippen molar-refractivity contribution in [2.24, 2.45) is 0 Å². The maximum absolute atomic E-state index is 13.7. The number of carbonyl (C=O) groups is 2. The average Bonchev–Trinajstić information content (AvgIpc) is 2.85. The van der Waals surface area contributed by atoms with Crippen molar-refractivity contribution in [3.05, 3.63) is 88.2 Å². The van der Waals surface area contributed by atoms with Gasteiger partial charge in [0.15, 0.2) is 0 Å². The number of amides is 2. The monoisotopic (exact) mass is 468 g/mol. The van der Waals surface area contributed by atoms with Crippen LogP contribution in [-0.2, 0) is 29.0 Å². The summed E-state index contributed by atoms with van der Waals surface area (Å²) in [6.07, 6.45) is 1.57. The molecule has 0 fully saturated rings. The van der Waals surface area contributed by atoms with Gasteiger partial charge >= 0.3 is 0 Å². The third-order valence-electron chi connectivity index (χ3n) is 5.91. The van der Waals surface area contributed by atoms with Gasteiger partial charge in [-0.2, -0.15) is 0 Å². The number of hydrogen-bond donors (Lipinski definition) is 2. The van der Waals surface area contributed by atoms with Gasteiger partial charge in [-0.25, -0.2) is 4.98 Å². The Morgan fingerprint density at radius 1 is 0.857 bits per heavy atom. The van der Waals surface area contributed by atoms with Gasteiger partial charge in [-0.15, -0.1) is 0 Å². The smallest absolute Gasteiger partial charge is 0.278 e. The quantitative estimate of drug-likeness (QED) is 0.408. The van der Waals surface area contributed by atoms with Crippen LogP contribution in [0.2, 0.25) is 0 Å². The summed E-state index contributed by atoms with van der Waals surface area (Å²) >= 11 is 0. The normalized spacial score (nSPS) is 10.8. The van der Waals surface area contributed by atoms with Gasteiger partial charge < -0.3 is 10.6 Å². The van der Waals surface area contributed by atoms with E-state index in [0.29, 0.717) is 22.3 Å². The summed E-state index contributed by atoms with van der Waals surface area (Å²) in [5.41, 5.74) is 4.80. The summed E-state index contributed by atoms with van der Waals surface area (Å²) in [5, 5.41) is 5.80. The van der Waals surface area contributed by atoms with Crippen LogP contribution in [0.4, 0.5) is 11.4 Å². The number of nitrogens with one attached hydrogen (secondary N) is 2. The minimum Gasteiger partial charge on any atom is -0.326 e. The summed E-state index contributed by atoms with van der Waals surface area (Å²) in [7, 11) is 0. The SMILES string of the molecule is CCc1cccc(CC)c1NC(=O)Cn1c(=O)c(-c2ccccc2NC(C)=O)nc2ccccc21. The number of rotatable bonds is 7. The van der Waals surface area contributed by atoms with Gasteiger partial charge in [-0.3, -0.25) is 19.0 Å². The lowest BCUT2D eigenvalue weighted by Gasteiger charge is -2.17. The van der Waals surface area contributed by atoms with Crippen LogP contribution in [0.3, 0.4) is 0 Å². The first-order valence-corrected chi connectivity index (χ1v) is 11.7. The van der Waals surface area contributed by atoms with Crippen LogP contribution in [0.5, 0.6) is 0 Å². The topological polar surface area (TPSA) is 93.1 Å². The molecule has 7 heteroatoms. The molecule has 178 valence electrons. The second-order valence-corrected chi connectivity index (χ2v) is 8.27. The van der Waals surface area contributed by atoms with E-state index in [0.717, 1.165) is 29.7 Å². The number of hydrogen-bond acceptors (Lipinski definition) is 4. The summed E-state index contributed by atoms with van der Waals surface area (Å²) in [6.45, 7) is 5.33. The van der Waals surface area contributed by atoms with E-state index in [2.05, 4.69) is 15.6 Å². The van der Waals surface area contributed by atoms with E-state index in [1.807, 2.05) is 44.2 Å².